The molecule has 0 aliphatic carbocycles. The highest BCUT2D eigenvalue weighted by Gasteiger charge is 2.06. The zero-order chi connectivity index (χ0) is 15.9. The molecule has 0 heterocycles. The molecule has 0 saturated heterocycles. The van der Waals surface area contributed by atoms with E-state index >= 15 is 0 Å². The predicted molar refractivity (Wildman–Crippen MR) is 85.0 cm³/mol. The summed E-state index contributed by atoms with van der Waals surface area (Å²) in [5.41, 5.74) is 1.53. The molecule has 0 spiro atoms. The van der Waals surface area contributed by atoms with Crippen molar-refractivity contribution in [2.24, 2.45) is 0 Å². The van der Waals surface area contributed by atoms with Crippen LogP contribution < -0.4 is 0 Å². The molecule has 4 N–H and O–H groups in total. The monoisotopic (exact) mass is 296 g/mol. The van der Waals surface area contributed by atoms with Gasteiger partial charge in [0, 0.05) is 5.56 Å². The standard InChI is InChI=1S/C12H10O2.C6H6O2/c13-11-8-4-7-10(12(11)14)9-5-2-1-3-6-9;7-5-1-2-6(8)4-3-5/h1-8,13-14H;1-4,7-8H. The van der Waals surface area contributed by atoms with Crippen LogP contribution in [0, 0.1) is 0 Å². The van der Waals surface area contributed by atoms with Gasteiger partial charge in [0.25, 0.3) is 0 Å². The highest BCUT2D eigenvalue weighted by atomic mass is 16.3. The number of phenolic OH excluding ortho intramolecular Hbond substituents is 4. The summed E-state index contributed by atoms with van der Waals surface area (Å²) in [6, 6.07) is 20.1. The molecule has 0 aliphatic rings. The first-order valence-corrected chi connectivity index (χ1v) is 6.62. The molecule has 0 aromatic heterocycles. The summed E-state index contributed by atoms with van der Waals surface area (Å²) < 4.78 is 0. The van der Waals surface area contributed by atoms with Gasteiger partial charge in [-0.05, 0) is 35.9 Å². The highest BCUT2D eigenvalue weighted by molar-refractivity contribution is 5.72. The molecule has 0 unspecified atom stereocenters. The lowest BCUT2D eigenvalue weighted by Crippen LogP contribution is -1.78. The third-order valence-electron chi connectivity index (χ3n) is 2.95. The Bertz CT molecular complexity index is 701. The van der Waals surface area contributed by atoms with Crippen LogP contribution in [0.25, 0.3) is 11.1 Å². The van der Waals surface area contributed by atoms with Gasteiger partial charge in [0.05, 0.1) is 0 Å². The fourth-order valence-electron chi connectivity index (χ4n) is 1.83. The topological polar surface area (TPSA) is 80.9 Å². The molecule has 0 bridgehead atoms. The molecule has 22 heavy (non-hydrogen) atoms. The lowest BCUT2D eigenvalue weighted by Gasteiger charge is -2.05. The molecule has 0 amide bonds. The molecule has 3 aromatic carbocycles. The van der Waals surface area contributed by atoms with E-state index in [-0.39, 0.29) is 23.0 Å². The van der Waals surface area contributed by atoms with E-state index in [1.165, 1.54) is 30.3 Å². The van der Waals surface area contributed by atoms with Crippen molar-refractivity contribution in [3.05, 3.63) is 72.8 Å². The van der Waals surface area contributed by atoms with Crippen LogP contribution in [0.1, 0.15) is 0 Å². The van der Waals surface area contributed by atoms with Gasteiger partial charge in [-0.3, -0.25) is 0 Å². The number of hydrogen-bond acceptors (Lipinski definition) is 4. The lowest BCUT2D eigenvalue weighted by atomic mass is 10.0. The van der Waals surface area contributed by atoms with Crippen molar-refractivity contribution in [1.82, 2.24) is 0 Å². The van der Waals surface area contributed by atoms with Crippen LogP contribution >= 0.6 is 0 Å². The van der Waals surface area contributed by atoms with Gasteiger partial charge >= 0.3 is 0 Å². The third-order valence-corrected chi connectivity index (χ3v) is 2.95. The Balaban J connectivity index is 0.000000188. The number of para-hydroxylation sites is 1. The largest absolute Gasteiger partial charge is 0.508 e. The lowest BCUT2D eigenvalue weighted by molar-refractivity contribution is 0.405. The van der Waals surface area contributed by atoms with E-state index in [9.17, 15) is 10.2 Å². The zero-order valence-corrected chi connectivity index (χ0v) is 11.7. The van der Waals surface area contributed by atoms with Gasteiger partial charge in [-0.1, -0.05) is 42.5 Å². The first kappa shape index (κ1) is 15.3. The van der Waals surface area contributed by atoms with Crippen molar-refractivity contribution in [3.8, 4) is 34.1 Å². The predicted octanol–water partition coefficient (Wildman–Crippen LogP) is 3.86. The van der Waals surface area contributed by atoms with Gasteiger partial charge in [-0.15, -0.1) is 0 Å². The van der Waals surface area contributed by atoms with Crippen molar-refractivity contribution in [3.63, 3.8) is 0 Å². The fraction of sp³-hybridized carbons (Fsp3) is 0. The number of aromatic hydroxyl groups is 4. The molecule has 0 aliphatic heterocycles. The number of hydrogen-bond donors (Lipinski definition) is 4. The molecule has 112 valence electrons. The van der Waals surface area contributed by atoms with E-state index < -0.39 is 0 Å². The average molecular weight is 296 g/mol. The molecular weight excluding hydrogens is 280 g/mol. The van der Waals surface area contributed by atoms with Crippen LogP contribution in [0.2, 0.25) is 0 Å². The van der Waals surface area contributed by atoms with E-state index in [1.54, 1.807) is 12.1 Å². The maximum atomic E-state index is 9.60. The van der Waals surface area contributed by atoms with Gasteiger partial charge in [-0.2, -0.15) is 0 Å². The minimum Gasteiger partial charge on any atom is -0.508 e. The summed E-state index contributed by atoms with van der Waals surface area (Å²) in [6.07, 6.45) is 0. The van der Waals surface area contributed by atoms with Crippen molar-refractivity contribution in [1.29, 1.82) is 0 Å². The summed E-state index contributed by atoms with van der Waals surface area (Å²) in [7, 11) is 0. The maximum Gasteiger partial charge on any atom is 0.165 e. The molecule has 0 fully saturated rings. The van der Waals surface area contributed by atoms with Crippen molar-refractivity contribution < 1.29 is 20.4 Å². The molecule has 4 heteroatoms. The molecule has 4 nitrogen and oxygen atoms in total. The Morgan fingerprint density at radius 2 is 1.05 bits per heavy atom. The molecular formula is C18H16O4. The van der Waals surface area contributed by atoms with Gasteiger partial charge in [-0.25, -0.2) is 0 Å². The van der Waals surface area contributed by atoms with Crippen molar-refractivity contribution in [2.75, 3.05) is 0 Å². The molecule has 3 aromatic rings. The normalized spacial score (nSPS) is 9.64. The Kier molecular flexibility index (Phi) is 4.88. The van der Waals surface area contributed by atoms with Gasteiger partial charge in [0.1, 0.15) is 11.5 Å². The van der Waals surface area contributed by atoms with Gasteiger partial charge in [0.15, 0.2) is 11.5 Å². The Hall–Kier alpha value is -3.14. The Morgan fingerprint density at radius 1 is 0.500 bits per heavy atom. The number of benzene rings is 3. The van der Waals surface area contributed by atoms with E-state index in [2.05, 4.69) is 0 Å². The van der Waals surface area contributed by atoms with Crippen LogP contribution in [0.3, 0.4) is 0 Å². The smallest absolute Gasteiger partial charge is 0.165 e. The third kappa shape index (κ3) is 3.93. The summed E-state index contributed by atoms with van der Waals surface area (Å²) in [5.74, 6) is 0.177. The van der Waals surface area contributed by atoms with Crippen molar-refractivity contribution >= 4 is 0 Å². The van der Waals surface area contributed by atoms with Crippen LogP contribution in [0.15, 0.2) is 72.8 Å². The van der Waals surface area contributed by atoms with E-state index in [0.717, 1.165) is 5.56 Å². The molecule has 0 atom stereocenters. The average Bonchev–Trinajstić information content (AvgIpc) is 2.54. The minimum atomic E-state index is -0.0913. The van der Waals surface area contributed by atoms with Crippen molar-refractivity contribution in [2.45, 2.75) is 0 Å². The Labute approximate surface area is 128 Å². The first-order chi connectivity index (χ1) is 10.6. The van der Waals surface area contributed by atoms with E-state index in [1.807, 2.05) is 30.3 Å². The number of phenols is 4. The Morgan fingerprint density at radius 3 is 1.59 bits per heavy atom. The number of rotatable bonds is 1. The fourth-order valence-corrected chi connectivity index (χ4v) is 1.83. The highest BCUT2D eigenvalue weighted by Crippen LogP contribution is 2.35. The zero-order valence-electron chi connectivity index (χ0n) is 11.7. The molecule has 3 rings (SSSR count). The molecule has 0 radical (unpaired) electrons. The van der Waals surface area contributed by atoms with E-state index in [4.69, 9.17) is 10.2 Å². The SMILES string of the molecule is Oc1ccc(O)cc1.Oc1cccc(-c2ccccc2)c1O. The maximum absolute atomic E-state index is 9.60. The summed E-state index contributed by atoms with van der Waals surface area (Å²) >= 11 is 0. The summed E-state index contributed by atoms with van der Waals surface area (Å²) in [5, 5.41) is 36.2. The minimum absolute atomic E-state index is 0.0706. The summed E-state index contributed by atoms with van der Waals surface area (Å²) in [6.45, 7) is 0. The quantitative estimate of drug-likeness (QED) is 0.406. The van der Waals surface area contributed by atoms with Gasteiger partial charge < -0.3 is 20.4 Å². The second-order valence-corrected chi connectivity index (χ2v) is 4.56. The second kappa shape index (κ2) is 7.04. The second-order valence-electron chi connectivity index (χ2n) is 4.56. The van der Waals surface area contributed by atoms with E-state index in [0.29, 0.717) is 5.56 Å². The van der Waals surface area contributed by atoms with Crippen LogP contribution in [-0.4, -0.2) is 20.4 Å². The molecule has 0 saturated carbocycles. The van der Waals surface area contributed by atoms with Crippen LogP contribution in [0.4, 0.5) is 0 Å². The first-order valence-electron chi connectivity index (χ1n) is 6.62. The van der Waals surface area contributed by atoms with Crippen LogP contribution in [0.5, 0.6) is 23.0 Å². The van der Waals surface area contributed by atoms with Crippen LogP contribution in [-0.2, 0) is 0 Å². The summed E-state index contributed by atoms with van der Waals surface area (Å²) in [4.78, 5) is 0. The van der Waals surface area contributed by atoms with Gasteiger partial charge in [0.2, 0.25) is 0 Å².